The van der Waals surface area contributed by atoms with Crippen LogP contribution in [0, 0.1) is 12.8 Å². The first kappa shape index (κ1) is 25.0. The Morgan fingerprint density at radius 3 is 2.63 bits per heavy atom. The van der Waals surface area contributed by atoms with E-state index >= 15 is 0 Å². The van der Waals surface area contributed by atoms with Gasteiger partial charge in [0.15, 0.2) is 5.82 Å². The first-order valence-corrected chi connectivity index (χ1v) is 13.1. The minimum Gasteiger partial charge on any atom is -0.495 e. The molecule has 198 valence electrons. The predicted molar refractivity (Wildman–Crippen MR) is 138 cm³/mol. The maximum atomic E-state index is 13.8. The molecule has 0 radical (unpaired) electrons. The van der Waals surface area contributed by atoms with Crippen LogP contribution >= 0.6 is 11.6 Å². The van der Waals surface area contributed by atoms with Crippen LogP contribution in [0.5, 0.6) is 5.75 Å². The van der Waals surface area contributed by atoms with Crippen LogP contribution in [0.2, 0.25) is 5.02 Å². The molecule has 3 heterocycles. The maximum absolute atomic E-state index is 13.8. The molecule has 0 amide bonds. The first-order chi connectivity index (χ1) is 18.2. The number of alkyl halides is 3. The van der Waals surface area contributed by atoms with E-state index in [1.165, 1.54) is 12.1 Å². The summed E-state index contributed by atoms with van der Waals surface area (Å²) in [5.74, 6) is 2.51. The van der Waals surface area contributed by atoms with E-state index in [1.807, 2.05) is 35.9 Å². The van der Waals surface area contributed by atoms with E-state index < -0.39 is 17.2 Å². The first-order valence-electron chi connectivity index (χ1n) is 12.7. The second-order valence-electron chi connectivity index (χ2n) is 10.3. The van der Waals surface area contributed by atoms with Crippen LogP contribution in [-0.4, -0.2) is 31.4 Å². The molecular formula is C28H27ClF3N5O. The molecule has 1 aliphatic heterocycles. The summed E-state index contributed by atoms with van der Waals surface area (Å²) in [4.78, 5) is 4.30. The van der Waals surface area contributed by atoms with Gasteiger partial charge in [0, 0.05) is 18.3 Å². The Bertz CT molecular complexity index is 1510. The van der Waals surface area contributed by atoms with Crippen molar-refractivity contribution < 1.29 is 17.9 Å². The van der Waals surface area contributed by atoms with Gasteiger partial charge in [-0.3, -0.25) is 0 Å². The van der Waals surface area contributed by atoms with Crippen molar-refractivity contribution in [2.75, 3.05) is 7.11 Å². The molecule has 0 bridgehead atoms. The van der Waals surface area contributed by atoms with Crippen LogP contribution < -0.4 is 4.74 Å². The third-order valence-corrected chi connectivity index (χ3v) is 8.08. The molecule has 1 fully saturated rings. The van der Waals surface area contributed by atoms with Crippen LogP contribution in [-0.2, 0) is 18.1 Å². The number of aryl methyl sites for hydroxylation is 1. The fraction of sp³-hybridized carbons (Fsp3) is 0.393. The van der Waals surface area contributed by atoms with E-state index in [0.29, 0.717) is 36.0 Å². The lowest BCUT2D eigenvalue weighted by molar-refractivity contribution is -0.137. The highest BCUT2D eigenvalue weighted by atomic mass is 35.5. The van der Waals surface area contributed by atoms with Gasteiger partial charge in [0.1, 0.15) is 11.6 Å². The van der Waals surface area contributed by atoms with Crippen LogP contribution in [0.1, 0.15) is 54.7 Å². The van der Waals surface area contributed by atoms with Crippen LogP contribution in [0.15, 0.2) is 48.9 Å². The SMILES string of the molecule is COc1cc(-c2nnc3n2CCCC3(CC2CC2)c2ccc(Cl)c(C(F)(F)F)c2)ccc1-n1cnc(C)c1. The average Bonchev–Trinajstić information content (AvgIpc) is 3.41. The summed E-state index contributed by atoms with van der Waals surface area (Å²) in [7, 11) is 1.62. The standard InChI is InChI=1S/C28H27ClF3N5O/c1-17-15-36(16-33-17)23-9-6-19(12-24(23)38-2)25-34-35-26-27(14-18-4-5-18,10-3-11-37(25)26)20-7-8-22(29)21(13-20)28(30,31)32/h6-9,12-13,15-16,18H,3-5,10-11,14H2,1-2H3. The van der Waals surface area contributed by atoms with Crippen molar-refractivity contribution in [3.8, 4) is 22.8 Å². The number of methoxy groups -OCH3 is 1. The average molecular weight is 542 g/mol. The van der Waals surface area contributed by atoms with Crippen LogP contribution in [0.25, 0.3) is 17.1 Å². The number of benzene rings is 2. The molecule has 4 aromatic rings. The van der Waals surface area contributed by atoms with Crippen LogP contribution in [0.3, 0.4) is 0 Å². The Morgan fingerprint density at radius 1 is 1.13 bits per heavy atom. The van der Waals surface area contributed by atoms with Gasteiger partial charge in [-0.2, -0.15) is 13.2 Å². The normalized spacial score (nSPS) is 19.4. The summed E-state index contributed by atoms with van der Waals surface area (Å²) in [6.07, 6.45) is 3.54. The molecule has 2 aliphatic rings. The Hall–Kier alpha value is -3.33. The Kier molecular flexibility index (Phi) is 6.01. The smallest absolute Gasteiger partial charge is 0.417 e. The highest BCUT2D eigenvalue weighted by Gasteiger charge is 2.46. The highest BCUT2D eigenvalue weighted by molar-refractivity contribution is 6.31. The zero-order valence-electron chi connectivity index (χ0n) is 21.1. The second-order valence-corrected chi connectivity index (χ2v) is 10.7. The van der Waals surface area contributed by atoms with E-state index in [9.17, 15) is 13.2 Å². The van der Waals surface area contributed by atoms with E-state index in [2.05, 4.69) is 19.7 Å². The molecule has 10 heteroatoms. The van der Waals surface area contributed by atoms with Crippen molar-refractivity contribution in [1.29, 1.82) is 0 Å². The van der Waals surface area contributed by atoms with Gasteiger partial charge in [0.05, 0.1) is 40.8 Å². The zero-order chi connectivity index (χ0) is 26.7. The summed E-state index contributed by atoms with van der Waals surface area (Å²) in [5, 5.41) is 8.93. The molecule has 1 aliphatic carbocycles. The fourth-order valence-electron chi connectivity index (χ4n) is 5.76. The Morgan fingerprint density at radius 2 is 1.95 bits per heavy atom. The molecule has 6 nitrogen and oxygen atoms in total. The number of rotatable bonds is 6. The lowest BCUT2D eigenvalue weighted by atomic mass is 9.70. The monoisotopic (exact) mass is 541 g/mol. The van der Waals surface area contributed by atoms with E-state index in [1.54, 1.807) is 19.5 Å². The summed E-state index contributed by atoms with van der Waals surface area (Å²) in [6, 6.07) is 10.2. The van der Waals surface area contributed by atoms with Crippen LogP contribution in [0.4, 0.5) is 13.2 Å². The molecule has 2 aromatic carbocycles. The maximum Gasteiger partial charge on any atom is 0.417 e. The quantitative estimate of drug-likeness (QED) is 0.264. The van der Waals surface area contributed by atoms with Crippen molar-refractivity contribution in [2.45, 2.75) is 57.2 Å². The molecule has 38 heavy (non-hydrogen) atoms. The second kappa shape index (κ2) is 9.15. The number of imidazole rings is 1. The molecule has 0 N–H and O–H groups in total. The van der Waals surface area contributed by atoms with E-state index in [0.717, 1.165) is 48.5 Å². The number of fused-ring (bicyclic) bond motifs is 1. The number of hydrogen-bond donors (Lipinski definition) is 0. The van der Waals surface area contributed by atoms with Gasteiger partial charge in [-0.15, -0.1) is 10.2 Å². The lowest BCUT2D eigenvalue weighted by Crippen LogP contribution is -2.36. The predicted octanol–water partition coefficient (Wildman–Crippen LogP) is 7.00. The van der Waals surface area contributed by atoms with Gasteiger partial charge >= 0.3 is 6.18 Å². The number of ether oxygens (including phenoxy) is 1. The van der Waals surface area contributed by atoms with Gasteiger partial charge in [-0.1, -0.05) is 30.5 Å². The summed E-state index contributed by atoms with van der Waals surface area (Å²) >= 11 is 5.98. The van der Waals surface area contributed by atoms with Gasteiger partial charge in [-0.05, 0) is 68.0 Å². The van der Waals surface area contributed by atoms with Gasteiger partial charge in [-0.25, -0.2) is 4.98 Å². The summed E-state index contributed by atoms with van der Waals surface area (Å²) in [6.45, 7) is 2.61. The zero-order valence-corrected chi connectivity index (χ0v) is 21.9. The number of nitrogens with zero attached hydrogens (tertiary/aromatic N) is 5. The van der Waals surface area contributed by atoms with Gasteiger partial charge in [0.25, 0.3) is 0 Å². The topological polar surface area (TPSA) is 57.8 Å². The van der Waals surface area contributed by atoms with Gasteiger partial charge < -0.3 is 13.9 Å². The minimum absolute atomic E-state index is 0.291. The molecule has 0 saturated heterocycles. The molecule has 0 spiro atoms. The van der Waals surface area contributed by atoms with Crippen molar-refractivity contribution in [1.82, 2.24) is 24.3 Å². The number of halogens is 4. The summed E-state index contributed by atoms with van der Waals surface area (Å²) in [5.41, 5.74) is 1.71. The van der Waals surface area contributed by atoms with Crippen molar-refractivity contribution in [2.24, 2.45) is 5.92 Å². The number of hydrogen-bond acceptors (Lipinski definition) is 4. The van der Waals surface area contributed by atoms with E-state index in [4.69, 9.17) is 16.3 Å². The molecular weight excluding hydrogens is 515 g/mol. The molecule has 6 rings (SSSR count). The summed E-state index contributed by atoms with van der Waals surface area (Å²) < 4.78 is 51.1. The third kappa shape index (κ3) is 4.26. The number of aromatic nitrogens is 5. The highest BCUT2D eigenvalue weighted by Crippen LogP contribution is 2.51. The molecule has 1 saturated carbocycles. The van der Waals surface area contributed by atoms with Gasteiger partial charge in [0.2, 0.25) is 0 Å². The Balaban J connectivity index is 1.46. The molecule has 2 aromatic heterocycles. The minimum atomic E-state index is -4.53. The van der Waals surface area contributed by atoms with E-state index in [-0.39, 0.29) is 5.02 Å². The third-order valence-electron chi connectivity index (χ3n) is 7.75. The largest absolute Gasteiger partial charge is 0.495 e. The fourth-order valence-corrected chi connectivity index (χ4v) is 5.98. The molecule has 1 unspecified atom stereocenters. The van der Waals surface area contributed by atoms with Crippen molar-refractivity contribution in [3.63, 3.8) is 0 Å². The van der Waals surface area contributed by atoms with Crippen molar-refractivity contribution in [3.05, 3.63) is 76.6 Å². The van der Waals surface area contributed by atoms with Crippen molar-refractivity contribution >= 4 is 11.6 Å². The lowest BCUT2D eigenvalue weighted by Gasteiger charge is -2.38. The molecule has 1 atom stereocenters. The Labute approximate surface area is 223 Å².